The molecule has 1 spiro atoms. The highest BCUT2D eigenvalue weighted by Crippen LogP contribution is 2.67. The number of anilines is 1. The number of nitrogens with zero attached hydrogens (tertiary/aromatic N) is 3. The highest BCUT2D eigenvalue weighted by molar-refractivity contribution is 8.02. The van der Waals surface area contributed by atoms with E-state index >= 15 is 4.79 Å². The van der Waals surface area contributed by atoms with Gasteiger partial charge in [0.2, 0.25) is 17.7 Å². The van der Waals surface area contributed by atoms with Crippen LogP contribution in [0.25, 0.3) is 0 Å². The Bertz CT molecular complexity index is 1460. The number of carbonyl (C=O) groups excluding carboxylic acids is 3. The highest BCUT2D eigenvalue weighted by Gasteiger charge is 2.75. The first kappa shape index (κ1) is 33.3. The molecular weight excluding hydrogens is 611 g/mol. The van der Waals surface area contributed by atoms with Crippen LogP contribution < -0.4 is 9.64 Å². The third-order valence-electron chi connectivity index (χ3n) is 10.6. The zero-order valence-electron chi connectivity index (χ0n) is 27.3. The Balaban J connectivity index is 1.42. The molecule has 1 saturated carbocycles. The summed E-state index contributed by atoms with van der Waals surface area (Å²) in [5, 5.41) is 10.8. The first-order valence-corrected chi connectivity index (χ1v) is 18.0. The van der Waals surface area contributed by atoms with E-state index in [1.165, 1.54) is 0 Å². The molecule has 250 valence electrons. The fourth-order valence-electron chi connectivity index (χ4n) is 8.65. The lowest BCUT2D eigenvalue weighted by atomic mass is 9.70. The van der Waals surface area contributed by atoms with Crippen LogP contribution >= 0.6 is 11.8 Å². The van der Waals surface area contributed by atoms with Crippen LogP contribution in [0, 0.1) is 11.8 Å². The van der Waals surface area contributed by atoms with Gasteiger partial charge in [0.05, 0.1) is 35.8 Å². The van der Waals surface area contributed by atoms with Crippen LogP contribution in [-0.4, -0.2) is 81.0 Å². The van der Waals surface area contributed by atoms with E-state index in [4.69, 9.17) is 4.74 Å². The van der Waals surface area contributed by atoms with E-state index in [2.05, 4.69) is 13.2 Å². The third kappa shape index (κ3) is 5.90. The number of carbonyl (C=O) groups is 3. The summed E-state index contributed by atoms with van der Waals surface area (Å²) in [6, 6.07) is 15.5. The quantitative estimate of drug-likeness (QED) is 0.275. The second-order valence-electron chi connectivity index (χ2n) is 13.1. The summed E-state index contributed by atoms with van der Waals surface area (Å²) < 4.78 is 4.86. The van der Waals surface area contributed by atoms with Crippen molar-refractivity contribution < 1.29 is 24.2 Å². The Morgan fingerprint density at radius 3 is 2.36 bits per heavy atom. The molecule has 2 aromatic carbocycles. The lowest BCUT2D eigenvalue weighted by Crippen LogP contribution is -2.58. The van der Waals surface area contributed by atoms with E-state index < -0.39 is 28.7 Å². The first-order chi connectivity index (χ1) is 22.9. The van der Waals surface area contributed by atoms with Crippen LogP contribution in [-0.2, 0) is 14.4 Å². The summed E-state index contributed by atoms with van der Waals surface area (Å²) >= 11 is 1.66. The zero-order chi connectivity index (χ0) is 33.1. The third-order valence-corrected chi connectivity index (χ3v) is 12.6. The monoisotopic (exact) mass is 657 g/mol. The second kappa shape index (κ2) is 14.3. The Hall–Kier alpha value is -3.56. The molecule has 0 aromatic heterocycles. The van der Waals surface area contributed by atoms with Crippen molar-refractivity contribution >= 4 is 35.2 Å². The van der Waals surface area contributed by atoms with E-state index in [-0.39, 0.29) is 35.6 Å². The summed E-state index contributed by atoms with van der Waals surface area (Å²) in [6.45, 7) is 10.7. The van der Waals surface area contributed by atoms with Gasteiger partial charge in [-0.3, -0.25) is 14.4 Å². The van der Waals surface area contributed by atoms with E-state index in [0.717, 1.165) is 49.8 Å². The molecule has 3 heterocycles. The topological polar surface area (TPSA) is 90.4 Å². The largest absolute Gasteiger partial charge is 0.494 e. The Morgan fingerprint density at radius 1 is 1.02 bits per heavy atom. The van der Waals surface area contributed by atoms with Gasteiger partial charge in [0.15, 0.2) is 0 Å². The summed E-state index contributed by atoms with van der Waals surface area (Å²) in [6.07, 6.45) is 10.0. The maximum atomic E-state index is 15.1. The molecule has 3 aliphatic heterocycles. The minimum Gasteiger partial charge on any atom is -0.494 e. The Kier molecular flexibility index (Phi) is 10.1. The van der Waals surface area contributed by atoms with Crippen molar-refractivity contribution in [3.05, 3.63) is 85.5 Å². The zero-order valence-corrected chi connectivity index (χ0v) is 28.2. The van der Waals surface area contributed by atoms with Crippen LogP contribution in [0.5, 0.6) is 5.75 Å². The predicted octanol–water partition coefficient (Wildman–Crippen LogP) is 5.78. The number of ether oxygens (including phenoxy) is 1. The van der Waals surface area contributed by atoms with Gasteiger partial charge in [0.25, 0.3) is 0 Å². The summed E-state index contributed by atoms with van der Waals surface area (Å²) in [4.78, 5) is 50.1. The average Bonchev–Trinajstić information content (AvgIpc) is 3.75. The number of fused-ring (bicyclic) bond motifs is 1. The van der Waals surface area contributed by atoms with E-state index in [0.29, 0.717) is 31.8 Å². The van der Waals surface area contributed by atoms with Crippen molar-refractivity contribution in [1.29, 1.82) is 0 Å². The normalized spacial score (nSPS) is 27.3. The van der Waals surface area contributed by atoms with Gasteiger partial charge in [-0.2, -0.15) is 0 Å². The number of aliphatic hydroxyl groups excluding tert-OH is 1. The van der Waals surface area contributed by atoms with Gasteiger partial charge in [0.1, 0.15) is 11.8 Å². The van der Waals surface area contributed by atoms with Gasteiger partial charge in [0, 0.05) is 30.1 Å². The molecule has 3 saturated heterocycles. The van der Waals surface area contributed by atoms with Gasteiger partial charge >= 0.3 is 0 Å². The van der Waals surface area contributed by atoms with Gasteiger partial charge in [-0.15, -0.1) is 24.9 Å². The fourth-order valence-corrected chi connectivity index (χ4v) is 10.8. The van der Waals surface area contributed by atoms with E-state index in [1.54, 1.807) is 33.7 Å². The summed E-state index contributed by atoms with van der Waals surface area (Å²) in [5.41, 5.74) is 1.48. The van der Waals surface area contributed by atoms with Crippen molar-refractivity contribution in [2.75, 3.05) is 31.2 Å². The Morgan fingerprint density at radius 2 is 1.72 bits per heavy atom. The number of likely N-dealkylation sites (tertiary alicyclic amines) is 1. The van der Waals surface area contributed by atoms with Crippen LogP contribution in [0.3, 0.4) is 0 Å². The van der Waals surface area contributed by atoms with Gasteiger partial charge in [-0.05, 0) is 62.4 Å². The molecule has 4 fully saturated rings. The first-order valence-electron chi connectivity index (χ1n) is 17.1. The molecule has 8 nitrogen and oxygen atoms in total. The molecule has 9 heteroatoms. The van der Waals surface area contributed by atoms with Crippen molar-refractivity contribution in [1.82, 2.24) is 9.80 Å². The smallest absolute Gasteiger partial charge is 0.247 e. The minimum absolute atomic E-state index is 0.0785. The highest BCUT2D eigenvalue weighted by atomic mass is 32.2. The lowest BCUT2D eigenvalue weighted by molar-refractivity contribution is -0.147. The number of hydrogen-bond donors (Lipinski definition) is 1. The molecule has 2 bridgehead atoms. The number of amides is 3. The SMILES string of the molecule is C=CCN(C(=O)[C@@H]1[C@@H]2CCC3(S2)C(C(=O)N(CC=C)C2CCCCC2)N([C@H](CO)c2ccccc2)C(=O)[C@H]13)c1ccc(OCC)cc1. The molecule has 1 N–H and O–H groups in total. The van der Waals surface area contributed by atoms with Crippen molar-refractivity contribution in [2.45, 2.75) is 80.0 Å². The molecule has 47 heavy (non-hydrogen) atoms. The average molecular weight is 658 g/mol. The molecule has 4 aliphatic rings. The number of rotatable bonds is 13. The van der Waals surface area contributed by atoms with Crippen LogP contribution in [0.15, 0.2) is 79.9 Å². The van der Waals surface area contributed by atoms with E-state index in [9.17, 15) is 14.7 Å². The van der Waals surface area contributed by atoms with E-state index in [1.807, 2.05) is 66.4 Å². The van der Waals surface area contributed by atoms with Crippen LogP contribution in [0.4, 0.5) is 5.69 Å². The summed E-state index contributed by atoms with van der Waals surface area (Å²) in [7, 11) is 0. The molecule has 2 unspecified atom stereocenters. The molecule has 6 rings (SSSR count). The molecule has 3 amide bonds. The van der Waals surface area contributed by atoms with Crippen LogP contribution in [0.1, 0.15) is 63.5 Å². The Labute approximate surface area is 282 Å². The van der Waals surface area contributed by atoms with Crippen molar-refractivity contribution in [3.63, 3.8) is 0 Å². The number of benzene rings is 2. The van der Waals surface area contributed by atoms with Gasteiger partial charge < -0.3 is 24.5 Å². The molecule has 1 aliphatic carbocycles. The molecular formula is C38H47N3O5S. The number of aliphatic hydroxyl groups is 1. The predicted molar refractivity (Wildman–Crippen MR) is 186 cm³/mol. The molecule has 0 radical (unpaired) electrons. The minimum atomic E-state index is -0.801. The standard InChI is InChI=1S/C38H47N3O5S/c1-4-23-39(28-17-19-29(20-18-28)46-6-3)35(43)32-31-21-22-38(47-31)33(32)36(44)41(30(25-42)26-13-9-7-10-14-26)34(38)37(45)40(24-5-2)27-15-11-8-12-16-27/h4-5,7,9-10,13-14,17-20,27,30-34,42H,1-2,6,8,11-12,15-16,21-25H2,3H3/t30-,31+,32-,33+,34?,38?/m1/s1. The fraction of sp³-hybridized carbons (Fsp3) is 0.500. The van der Waals surface area contributed by atoms with Crippen molar-refractivity contribution in [2.24, 2.45) is 11.8 Å². The maximum Gasteiger partial charge on any atom is 0.247 e. The number of hydrogen-bond acceptors (Lipinski definition) is 6. The van der Waals surface area contributed by atoms with Gasteiger partial charge in [-0.25, -0.2) is 0 Å². The van der Waals surface area contributed by atoms with Crippen molar-refractivity contribution in [3.8, 4) is 5.75 Å². The molecule has 6 atom stereocenters. The number of thioether (sulfide) groups is 1. The van der Waals surface area contributed by atoms with Gasteiger partial charge in [-0.1, -0.05) is 61.7 Å². The van der Waals surface area contributed by atoms with Crippen LogP contribution in [0.2, 0.25) is 0 Å². The summed E-state index contributed by atoms with van der Waals surface area (Å²) in [5.74, 6) is -1.000. The molecule has 2 aromatic rings. The lowest BCUT2D eigenvalue weighted by Gasteiger charge is -2.42. The maximum absolute atomic E-state index is 15.1. The second-order valence-corrected chi connectivity index (χ2v) is 14.7.